The number of halogens is 1. The fourth-order valence-electron chi connectivity index (χ4n) is 1.48. The van der Waals surface area contributed by atoms with Crippen LogP contribution in [0.3, 0.4) is 0 Å². The van der Waals surface area contributed by atoms with Crippen LogP contribution >= 0.6 is 12.2 Å². The molecular formula is C12H9FN2O2S. The van der Waals surface area contributed by atoms with Gasteiger partial charge in [0.05, 0.1) is 11.3 Å². The second-order valence-electron chi connectivity index (χ2n) is 3.51. The first-order chi connectivity index (χ1) is 8.58. The van der Waals surface area contributed by atoms with Gasteiger partial charge >= 0.3 is 5.97 Å². The van der Waals surface area contributed by atoms with Crippen LogP contribution in [0, 0.1) is 10.5 Å². The predicted molar refractivity (Wildman–Crippen MR) is 66.1 cm³/mol. The number of benzene rings is 1. The Kier molecular flexibility index (Phi) is 3.47. The second kappa shape index (κ2) is 5.05. The summed E-state index contributed by atoms with van der Waals surface area (Å²) in [6.45, 7) is 1.25. The van der Waals surface area contributed by atoms with Gasteiger partial charge in [-0.2, -0.15) is 5.10 Å². The molecule has 1 aromatic heterocycles. The fourth-order valence-corrected chi connectivity index (χ4v) is 1.59. The van der Waals surface area contributed by atoms with Gasteiger partial charge in [-0.1, -0.05) is 18.3 Å². The van der Waals surface area contributed by atoms with E-state index in [4.69, 9.17) is 17.0 Å². The molecule has 0 bridgehead atoms. The van der Waals surface area contributed by atoms with Gasteiger partial charge in [-0.25, -0.2) is 4.39 Å². The Labute approximate surface area is 107 Å². The molecule has 0 spiro atoms. The Morgan fingerprint density at radius 2 is 2.17 bits per heavy atom. The lowest BCUT2D eigenvalue weighted by Gasteiger charge is -2.08. The Morgan fingerprint density at radius 3 is 2.78 bits per heavy atom. The third kappa shape index (κ3) is 2.60. The minimum Gasteiger partial charge on any atom is -0.426 e. The van der Waals surface area contributed by atoms with Crippen molar-refractivity contribution in [2.75, 3.05) is 0 Å². The normalized spacial score (nSPS) is 10.1. The molecule has 1 heterocycles. The first-order valence-electron chi connectivity index (χ1n) is 5.11. The number of hydrogen-bond donors (Lipinski definition) is 1. The topological polar surface area (TPSA) is 55.0 Å². The lowest BCUT2D eigenvalue weighted by Crippen LogP contribution is -2.04. The van der Waals surface area contributed by atoms with Crippen LogP contribution in [0.25, 0.3) is 11.3 Å². The summed E-state index contributed by atoms with van der Waals surface area (Å²) in [5, 5.41) is 6.48. The highest BCUT2D eigenvalue weighted by molar-refractivity contribution is 7.71. The molecule has 18 heavy (non-hydrogen) atoms. The SMILES string of the molecule is CC(=O)Oc1cccc(F)c1-c1ccc(=S)[nH]n1. The van der Waals surface area contributed by atoms with Crippen LogP contribution in [0.15, 0.2) is 30.3 Å². The molecule has 0 aliphatic heterocycles. The minimum absolute atomic E-state index is 0.124. The Morgan fingerprint density at radius 1 is 1.39 bits per heavy atom. The quantitative estimate of drug-likeness (QED) is 0.515. The maximum atomic E-state index is 13.8. The Bertz CT molecular complexity index is 634. The summed E-state index contributed by atoms with van der Waals surface area (Å²) in [6.07, 6.45) is 0. The van der Waals surface area contributed by atoms with Crippen molar-refractivity contribution in [2.24, 2.45) is 0 Å². The summed E-state index contributed by atoms with van der Waals surface area (Å²) in [4.78, 5) is 11.0. The van der Waals surface area contributed by atoms with Crippen molar-refractivity contribution in [1.29, 1.82) is 0 Å². The van der Waals surface area contributed by atoms with Crippen molar-refractivity contribution in [3.8, 4) is 17.0 Å². The molecule has 0 saturated heterocycles. The third-order valence-corrected chi connectivity index (χ3v) is 2.39. The summed E-state index contributed by atoms with van der Waals surface area (Å²) in [7, 11) is 0. The van der Waals surface area contributed by atoms with Gasteiger partial charge in [0, 0.05) is 6.92 Å². The molecule has 1 aromatic carbocycles. The molecule has 92 valence electrons. The molecule has 0 fully saturated rings. The number of aromatic nitrogens is 2. The maximum Gasteiger partial charge on any atom is 0.308 e. The number of H-pyrrole nitrogens is 1. The van der Waals surface area contributed by atoms with Crippen molar-refractivity contribution in [3.05, 3.63) is 40.8 Å². The molecule has 2 rings (SSSR count). The highest BCUT2D eigenvalue weighted by atomic mass is 32.1. The summed E-state index contributed by atoms with van der Waals surface area (Å²) in [5.74, 6) is -0.919. The van der Waals surface area contributed by atoms with Crippen LogP contribution in [0.5, 0.6) is 5.75 Å². The highest BCUT2D eigenvalue weighted by Gasteiger charge is 2.14. The molecule has 0 aliphatic rings. The van der Waals surface area contributed by atoms with Gasteiger partial charge in [0.2, 0.25) is 0 Å². The van der Waals surface area contributed by atoms with Gasteiger partial charge in [0.25, 0.3) is 0 Å². The smallest absolute Gasteiger partial charge is 0.308 e. The van der Waals surface area contributed by atoms with E-state index in [9.17, 15) is 9.18 Å². The summed E-state index contributed by atoms with van der Waals surface area (Å²) >= 11 is 4.86. The average molecular weight is 264 g/mol. The second-order valence-corrected chi connectivity index (χ2v) is 3.95. The highest BCUT2D eigenvalue weighted by Crippen LogP contribution is 2.30. The van der Waals surface area contributed by atoms with Gasteiger partial charge in [-0.3, -0.25) is 9.89 Å². The van der Waals surface area contributed by atoms with E-state index < -0.39 is 11.8 Å². The average Bonchev–Trinajstić information content (AvgIpc) is 2.30. The monoisotopic (exact) mass is 264 g/mol. The van der Waals surface area contributed by atoms with Crippen LogP contribution in [0.4, 0.5) is 4.39 Å². The van der Waals surface area contributed by atoms with Crippen molar-refractivity contribution in [1.82, 2.24) is 10.2 Å². The number of nitrogens with one attached hydrogen (secondary N) is 1. The van der Waals surface area contributed by atoms with Gasteiger partial charge in [-0.15, -0.1) is 0 Å². The number of rotatable bonds is 2. The van der Waals surface area contributed by atoms with Crippen molar-refractivity contribution in [3.63, 3.8) is 0 Å². The lowest BCUT2D eigenvalue weighted by molar-refractivity contribution is -0.131. The largest absolute Gasteiger partial charge is 0.426 e. The molecule has 0 amide bonds. The summed E-state index contributed by atoms with van der Waals surface area (Å²) in [6, 6.07) is 7.38. The lowest BCUT2D eigenvalue weighted by atomic mass is 10.1. The van der Waals surface area contributed by atoms with Gasteiger partial charge in [-0.05, 0) is 24.3 Å². The van der Waals surface area contributed by atoms with Gasteiger partial charge in [0.1, 0.15) is 16.2 Å². The van der Waals surface area contributed by atoms with E-state index in [0.29, 0.717) is 10.3 Å². The van der Waals surface area contributed by atoms with Crippen LogP contribution in [0.1, 0.15) is 6.92 Å². The van der Waals surface area contributed by atoms with E-state index in [1.165, 1.54) is 25.1 Å². The van der Waals surface area contributed by atoms with Crippen molar-refractivity contribution in [2.45, 2.75) is 6.92 Å². The maximum absolute atomic E-state index is 13.8. The number of carbonyl (C=O) groups excluding carboxylic acids is 1. The number of carbonyl (C=O) groups is 1. The molecule has 6 heteroatoms. The van der Waals surface area contributed by atoms with Crippen LogP contribution in [0.2, 0.25) is 0 Å². The summed E-state index contributed by atoms with van der Waals surface area (Å²) < 4.78 is 19.2. The Hall–Kier alpha value is -2.08. The molecule has 0 aliphatic carbocycles. The molecule has 0 saturated carbocycles. The number of ether oxygens (including phenoxy) is 1. The number of esters is 1. The zero-order valence-corrected chi connectivity index (χ0v) is 10.3. The molecule has 0 unspecified atom stereocenters. The third-order valence-electron chi connectivity index (χ3n) is 2.16. The predicted octanol–water partition coefficient (Wildman–Crippen LogP) is 2.87. The zero-order valence-electron chi connectivity index (χ0n) is 9.44. The van der Waals surface area contributed by atoms with Gasteiger partial charge < -0.3 is 4.74 Å². The van der Waals surface area contributed by atoms with E-state index in [-0.39, 0.29) is 11.3 Å². The van der Waals surface area contributed by atoms with E-state index >= 15 is 0 Å². The van der Waals surface area contributed by atoms with Gasteiger partial charge in [0.15, 0.2) is 0 Å². The standard InChI is InChI=1S/C12H9FN2O2S/c1-7(16)17-10-4-2-3-8(13)12(10)9-5-6-11(18)15-14-9/h2-6H,1H3,(H,15,18). The number of aromatic amines is 1. The van der Waals surface area contributed by atoms with Crippen LogP contribution in [-0.4, -0.2) is 16.2 Å². The number of nitrogens with zero attached hydrogens (tertiary/aromatic N) is 1. The van der Waals surface area contributed by atoms with Crippen LogP contribution in [-0.2, 0) is 4.79 Å². The van der Waals surface area contributed by atoms with Crippen molar-refractivity contribution < 1.29 is 13.9 Å². The van der Waals surface area contributed by atoms with E-state index in [1.54, 1.807) is 12.1 Å². The first-order valence-corrected chi connectivity index (χ1v) is 5.52. The van der Waals surface area contributed by atoms with Crippen molar-refractivity contribution >= 4 is 18.2 Å². The molecule has 4 nitrogen and oxygen atoms in total. The molecule has 2 aromatic rings. The van der Waals surface area contributed by atoms with E-state index in [2.05, 4.69) is 10.2 Å². The number of hydrogen-bond acceptors (Lipinski definition) is 4. The Balaban J connectivity index is 2.57. The van der Waals surface area contributed by atoms with Crippen LogP contribution < -0.4 is 4.74 Å². The molecular weight excluding hydrogens is 255 g/mol. The summed E-state index contributed by atoms with van der Waals surface area (Å²) in [5.41, 5.74) is 0.442. The molecule has 0 atom stereocenters. The zero-order chi connectivity index (χ0) is 13.1. The first kappa shape index (κ1) is 12.4. The van der Waals surface area contributed by atoms with E-state index in [0.717, 1.165) is 0 Å². The van der Waals surface area contributed by atoms with E-state index in [1.807, 2.05) is 0 Å². The molecule has 0 radical (unpaired) electrons. The minimum atomic E-state index is -0.522. The molecule has 1 N–H and O–H groups in total. The fraction of sp³-hybridized carbons (Fsp3) is 0.0833.